The Morgan fingerprint density at radius 1 is 1.33 bits per heavy atom. The smallest absolute Gasteiger partial charge is 0.416 e. The van der Waals surface area contributed by atoms with E-state index in [1.165, 1.54) is 11.0 Å². The van der Waals surface area contributed by atoms with E-state index in [9.17, 15) is 18.0 Å². The Hall–Kier alpha value is -2.12. The molecule has 1 aromatic carbocycles. The summed E-state index contributed by atoms with van der Waals surface area (Å²) in [5.41, 5.74) is 5.40. The van der Waals surface area contributed by atoms with Crippen LogP contribution in [0.5, 0.6) is 0 Å². The number of nitrogen functional groups attached to an aromatic ring is 1. The molecule has 0 aromatic heterocycles. The molecule has 1 aliphatic rings. The van der Waals surface area contributed by atoms with E-state index in [1.54, 1.807) is 0 Å². The molecule has 0 unspecified atom stereocenters. The van der Waals surface area contributed by atoms with Gasteiger partial charge in [-0.2, -0.15) is 13.2 Å². The second-order valence-electron chi connectivity index (χ2n) is 4.99. The van der Waals surface area contributed by atoms with Crippen LogP contribution < -0.4 is 11.1 Å². The molecular formula is C13H16F3N3O2. The van der Waals surface area contributed by atoms with E-state index < -0.39 is 17.8 Å². The molecule has 21 heavy (non-hydrogen) atoms. The normalized spacial score (nSPS) is 16.8. The van der Waals surface area contributed by atoms with Gasteiger partial charge in [-0.25, -0.2) is 4.79 Å². The second kappa shape index (κ2) is 5.71. The van der Waals surface area contributed by atoms with Gasteiger partial charge < -0.3 is 21.1 Å². The summed E-state index contributed by atoms with van der Waals surface area (Å²) in [6, 6.07) is 3.05. The minimum atomic E-state index is -4.42. The summed E-state index contributed by atoms with van der Waals surface area (Å²) in [5, 5.41) is 11.8. The standard InChI is InChI=1S/C13H16F3N3O2/c14-13(15,16)8-1-2-10(17)11(7-8)18-9-3-5-19(6-4-9)12(20)21/h1-2,7,9,18H,3-6,17H2,(H,20,21). The average Bonchev–Trinajstić information content (AvgIpc) is 2.40. The first-order valence-corrected chi connectivity index (χ1v) is 6.48. The number of benzene rings is 1. The first-order chi connectivity index (χ1) is 9.77. The van der Waals surface area contributed by atoms with Crippen LogP contribution in [-0.2, 0) is 6.18 Å². The van der Waals surface area contributed by atoms with Gasteiger partial charge in [0.1, 0.15) is 0 Å². The molecule has 2 rings (SSSR count). The van der Waals surface area contributed by atoms with Gasteiger partial charge in [0.25, 0.3) is 0 Å². The van der Waals surface area contributed by atoms with E-state index in [0.717, 1.165) is 12.1 Å². The van der Waals surface area contributed by atoms with Crippen LogP contribution in [0.1, 0.15) is 18.4 Å². The molecule has 5 nitrogen and oxygen atoms in total. The number of likely N-dealkylation sites (tertiary alicyclic amines) is 1. The van der Waals surface area contributed by atoms with Crippen LogP contribution in [0.4, 0.5) is 29.3 Å². The number of rotatable bonds is 2. The van der Waals surface area contributed by atoms with Crippen molar-refractivity contribution in [3.8, 4) is 0 Å². The fraction of sp³-hybridized carbons (Fsp3) is 0.462. The summed E-state index contributed by atoms with van der Waals surface area (Å²) in [7, 11) is 0. The number of hydrogen-bond acceptors (Lipinski definition) is 3. The first kappa shape index (κ1) is 15.3. The maximum atomic E-state index is 12.7. The Balaban J connectivity index is 2.05. The van der Waals surface area contributed by atoms with Crippen LogP contribution in [0, 0.1) is 0 Å². The van der Waals surface area contributed by atoms with E-state index in [4.69, 9.17) is 10.8 Å². The van der Waals surface area contributed by atoms with Gasteiger partial charge in [-0.15, -0.1) is 0 Å². The molecule has 0 radical (unpaired) electrons. The Morgan fingerprint density at radius 2 is 1.95 bits per heavy atom. The molecule has 1 fully saturated rings. The van der Waals surface area contributed by atoms with Gasteiger partial charge in [0, 0.05) is 19.1 Å². The Morgan fingerprint density at radius 3 is 2.48 bits per heavy atom. The van der Waals surface area contributed by atoms with Crippen molar-refractivity contribution in [3.63, 3.8) is 0 Å². The van der Waals surface area contributed by atoms with E-state index in [-0.39, 0.29) is 17.4 Å². The lowest BCUT2D eigenvalue weighted by atomic mass is 10.0. The van der Waals surface area contributed by atoms with Crippen molar-refractivity contribution in [3.05, 3.63) is 23.8 Å². The molecule has 8 heteroatoms. The number of nitrogens with two attached hydrogens (primary N) is 1. The van der Waals surface area contributed by atoms with E-state index >= 15 is 0 Å². The van der Waals surface area contributed by atoms with Crippen molar-refractivity contribution >= 4 is 17.5 Å². The lowest BCUT2D eigenvalue weighted by Crippen LogP contribution is -2.41. The number of nitrogens with one attached hydrogen (secondary N) is 1. The fourth-order valence-corrected chi connectivity index (χ4v) is 2.29. The maximum absolute atomic E-state index is 12.7. The zero-order valence-electron chi connectivity index (χ0n) is 11.2. The molecule has 0 bridgehead atoms. The van der Waals surface area contributed by atoms with Gasteiger partial charge in [0.2, 0.25) is 0 Å². The van der Waals surface area contributed by atoms with Crippen LogP contribution >= 0.6 is 0 Å². The highest BCUT2D eigenvalue weighted by Crippen LogP contribution is 2.33. The molecule has 0 aliphatic carbocycles. The average molecular weight is 303 g/mol. The molecule has 116 valence electrons. The van der Waals surface area contributed by atoms with Crippen LogP contribution in [0.25, 0.3) is 0 Å². The lowest BCUT2D eigenvalue weighted by Gasteiger charge is -2.31. The van der Waals surface area contributed by atoms with E-state index in [0.29, 0.717) is 25.9 Å². The molecule has 1 amide bonds. The molecule has 0 saturated carbocycles. The quantitative estimate of drug-likeness (QED) is 0.734. The number of nitrogens with zero attached hydrogens (tertiary/aromatic N) is 1. The van der Waals surface area contributed by atoms with Crippen molar-refractivity contribution in [2.45, 2.75) is 25.1 Å². The molecule has 1 aromatic rings. The Bertz CT molecular complexity index is 526. The topological polar surface area (TPSA) is 78.6 Å². The van der Waals surface area contributed by atoms with Crippen molar-refractivity contribution < 1.29 is 23.1 Å². The Labute approximate surface area is 119 Å². The fourth-order valence-electron chi connectivity index (χ4n) is 2.29. The molecule has 0 atom stereocenters. The number of halogens is 3. The SMILES string of the molecule is Nc1ccc(C(F)(F)F)cc1NC1CCN(C(=O)O)CC1. The number of piperidine rings is 1. The monoisotopic (exact) mass is 303 g/mol. The van der Waals surface area contributed by atoms with E-state index in [2.05, 4.69) is 5.32 Å². The predicted octanol–water partition coefficient (Wildman–Crippen LogP) is 2.84. The van der Waals surface area contributed by atoms with Crippen molar-refractivity contribution in [1.82, 2.24) is 4.90 Å². The van der Waals surface area contributed by atoms with Crippen molar-refractivity contribution in [2.24, 2.45) is 0 Å². The Kier molecular flexibility index (Phi) is 4.15. The van der Waals surface area contributed by atoms with Crippen LogP contribution in [0.2, 0.25) is 0 Å². The third-order valence-electron chi connectivity index (χ3n) is 3.51. The number of alkyl halides is 3. The number of amides is 1. The summed E-state index contributed by atoms with van der Waals surface area (Å²) in [5.74, 6) is 0. The third-order valence-corrected chi connectivity index (χ3v) is 3.51. The minimum Gasteiger partial charge on any atom is -0.465 e. The van der Waals surface area contributed by atoms with Crippen LogP contribution in [0.3, 0.4) is 0 Å². The third kappa shape index (κ3) is 3.71. The molecular weight excluding hydrogens is 287 g/mol. The van der Waals surface area contributed by atoms with Crippen molar-refractivity contribution in [1.29, 1.82) is 0 Å². The summed E-state index contributed by atoms with van der Waals surface area (Å²) >= 11 is 0. The number of carboxylic acid groups (broad SMARTS) is 1. The molecule has 1 saturated heterocycles. The van der Waals surface area contributed by atoms with Gasteiger partial charge in [-0.05, 0) is 31.0 Å². The highest BCUT2D eigenvalue weighted by molar-refractivity contribution is 5.68. The van der Waals surface area contributed by atoms with Gasteiger partial charge in [-0.3, -0.25) is 0 Å². The number of anilines is 2. The van der Waals surface area contributed by atoms with Gasteiger partial charge >= 0.3 is 12.3 Å². The zero-order valence-corrected chi connectivity index (χ0v) is 11.2. The molecule has 4 N–H and O–H groups in total. The largest absolute Gasteiger partial charge is 0.465 e. The summed E-state index contributed by atoms with van der Waals surface area (Å²) < 4.78 is 38.0. The van der Waals surface area contributed by atoms with Gasteiger partial charge in [0.15, 0.2) is 0 Å². The zero-order chi connectivity index (χ0) is 15.6. The highest BCUT2D eigenvalue weighted by Gasteiger charge is 2.31. The summed E-state index contributed by atoms with van der Waals surface area (Å²) in [6.45, 7) is 0.706. The molecule has 1 heterocycles. The van der Waals surface area contributed by atoms with Gasteiger partial charge in [0.05, 0.1) is 16.9 Å². The molecule has 0 spiro atoms. The van der Waals surface area contributed by atoms with Crippen LogP contribution in [0.15, 0.2) is 18.2 Å². The first-order valence-electron chi connectivity index (χ1n) is 6.48. The number of carbonyl (C=O) groups is 1. The molecule has 1 aliphatic heterocycles. The maximum Gasteiger partial charge on any atom is 0.416 e. The van der Waals surface area contributed by atoms with Crippen molar-refractivity contribution in [2.75, 3.05) is 24.1 Å². The summed E-state index contributed by atoms with van der Waals surface area (Å²) in [4.78, 5) is 12.1. The summed E-state index contributed by atoms with van der Waals surface area (Å²) in [6.07, 6.45) is -4.34. The van der Waals surface area contributed by atoms with Crippen LogP contribution in [-0.4, -0.2) is 35.2 Å². The van der Waals surface area contributed by atoms with Gasteiger partial charge in [-0.1, -0.05) is 0 Å². The highest BCUT2D eigenvalue weighted by atomic mass is 19.4. The van der Waals surface area contributed by atoms with E-state index in [1.807, 2.05) is 0 Å². The predicted molar refractivity (Wildman–Crippen MR) is 72.1 cm³/mol. The lowest BCUT2D eigenvalue weighted by molar-refractivity contribution is -0.137. The second-order valence-corrected chi connectivity index (χ2v) is 4.99. The minimum absolute atomic E-state index is 0.0913. The number of hydrogen-bond donors (Lipinski definition) is 3.